The number of amides is 1. The Hall–Kier alpha value is -2.88. The first-order chi connectivity index (χ1) is 12.7. The Morgan fingerprint density at radius 2 is 2.07 bits per heavy atom. The Bertz CT molecular complexity index is 996. The van der Waals surface area contributed by atoms with E-state index in [1.54, 1.807) is 7.05 Å². The number of sulfone groups is 1. The smallest absolute Gasteiger partial charge is 0.270 e. The molecule has 0 bridgehead atoms. The van der Waals surface area contributed by atoms with E-state index in [4.69, 9.17) is 0 Å². The fourth-order valence-electron chi connectivity index (χ4n) is 3.24. The molecule has 3 rings (SSSR count). The first-order valence-corrected chi connectivity index (χ1v) is 9.95. The minimum Gasteiger partial charge on any atom is -0.509 e. The summed E-state index contributed by atoms with van der Waals surface area (Å²) in [5.41, 5.74) is -0.365. The predicted octanol–water partition coefficient (Wildman–Crippen LogP) is 2.48. The van der Waals surface area contributed by atoms with Gasteiger partial charge < -0.3 is 15.3 Å². The zero-order valence-electron chi connectivity index (χ0n) is 14.8. The topological polar surface area (TPSA) is 130 Å². The Morgan fingerprint density at radius 3 is 2.70 bits per heavy atom. The van der Waals surface area contributed by atoms with Crippen LogP contribution in [0.2, 0.25) is 0 Å². The number of aliphatic hydroxyl groups is 1. The van der Waals surface area contributed by atoms with Gasteiger partial charge in [0.25, 0.3) is 11.6 Å². The van der Waals surface area contributed by atoms with E-state index in [9.17, 15) is 28.4 Å². The van der Waals surface area contributed by atoms with Crippen molar-refractivity contribution in [3.05, 3.63) is 50.8 Å². The number of unbranched alkanes of at least 4 members (excludes halogenated alkanes) is 1. The highest BCUT2D eigenvalue weighted by Crippen LogP contribution is 2.38. The maximum atomic E-state index is 12.6. The maximum Gasteiger partial charge on any atom is 0.270 e. The molecule has 0 aromatic heterocycles. The molecule has 0 saturated carbocycles. The number of carbonyl (C=O) groups excluding carboxylic acids is 1. The molecule has 0 spiro atoms. The first kappa shape index (κ1) is 18.9. The summed E-state index contributed by atoms with van der Waals surface area (Å²) in [5, 5.41) is 25.1. The second-order valence-electron chi connectivity index (χ2n) is 6.47. The molecule has 1 aromatic carbocycles. The molecule has 2 aliphatic rings. The van der Waals surface area contributed by atoms with E-state index in [2.05, 4.69) is 5.32 Å². The number of likely N-dealkylation sites (N-methyl/N-ethyl adjacent to an activating group) is 1. The molecule has 0 fully saturated rings. The van der Waals surface area contributed by atoms with Gasteiger partial charge in [-0.2, -0.15) is 0 Å². The summed E-state index contributed by atoms with van der Waals surface area (Å²) in [6.07, 6.45) is 2.26. The van der Waals surface area contributed by atoms with Gasteiger partial charge in [0.15, 0.2) is 0 Å². The number of nitro benzene ring substituents is 1. The summed E-state index contributed by atoms with van der Waals surface area (Å²) in [6.45, 7) is 1.99. The van der Waals surface area contributed by atoms with Crippen molar-refractivity contribution < 1.29 is 23.2 Å². The molecular formula is C17H19N3O6S. The molecule has 2 aliphatic heterocycles. The molecule has 9 nitrogen and oxygen atoms in total. The second-order valence-corrected chi connectivity index (χ2v) is 8.24. The van der Waals surface area contributed by atoms with Crippen molar-refractivity contribution >= 4 is 27.1 Å². The van der Waals surface area contributed by atoms with Gasteiger partial charge in [0, 0.05) is 19.2 Å². The maximum absolute atomic E-state index is 12.6. The third-order valence-electron chi connectivity index (χ3n) is 4.70. The van der Waals surface area contributed by atoms with Crippen molar-refractivity contribution in [2.24, 2.45) is 0 Å². The molecule has 0 saturated heterocycles. The molecular weight excluding hydrogens is 374 g/mol. The standard InChI is InChI=1S/C17H19N3O6S/c1-3-4-5-13-16(21)15(17(22)19(13)2)12-9-27(25,26)14-8-10(20(23)24)6-7-11(14)18-12/h6-9,13,18,21H,3-5H2,1-2H3. The number of hydrogen-bond donors (Lipinski definition) is 2. The predicted molar refractivity (Wildman–Crippen MR) is 97.7 cm³/mol. The van der Waals surface area contributed by atoms with Crippen molar-refractivity contribution in [1.82, 2.24) is 4.90 Å². The second kappa shape index (κ2) is 6.69. The van der Waals surface area contributed by atoms with Crippen LogP contribution in [0.3, 0.4) is 0 Å². The molecule has 0 radical (unpaired) electrons. The third-order valence-corrected chi connectivity index (χ3v) is 6.20. The number of nitrogens with zero attached hydrogens (tertiary/aromatic N) is 2. The molecule has 1 atom stereocenters. The van der Waals surface area contributed by atoms with Crippen molar-refractivity contribution in [3.8, 4) is 0 Å². The lowest BCUT2D eigenvalue weighted by molar-refractivity contribution is -0.385. The van der Waals surface area contributed by atoms with Crippen LogP contribution in [0.4, 0.5) is 11.4 Å². The van der Waals surface area contributed by atoms with Crippen molar-refractivity contribution in [1.29, 1.82) is 0 Å². The fourth-order valence-corrected chi connectivity index (χ4v) is 4.56. The highest BCUT2D eigenvalue weighted by atomic mass is 32.2. The van der Waals surface area contributed by atoms with Crippen LogP contribution in [-0.2, 0) is 14.6 Å². The van der Waals surface area contributed by atoms with Gasteiger partial charge in [-0.25, -0.2) is 8.42 Å². The summed E-state index contributed by atoms with van der Waals surface area (Å²) in [7, 11) is -2.47. The average molecular weight is 393 g/mol. The largest absolute Gasteiger partial charge is 0.509 e. The van der Waals surface area contributed by atoms with Crippen LogP contribution in [0.25, 0.3) is 0 Å². The van der Waals surface area contributed by atoms with Crippen LogP contribution in [0.15, 0.2) is 45.5 Å². The zero-order chi connectivity index (χ0) is 19.9. The first-order valence-electron chi connectivity index (χ1n) is 8.40. The molecule has 144 valence electrons. The Labute approximate surface area is 156 Å². The van der Waals surface area contributed by atoms with Gasteiger partial charge in [0.2, 0.25) is 9.84 Å². The fraction of sp³-hybridized carbons (Fsp3) is 0.353. The molecule has 2 N–H and O–H groups in total. The molecule has 27 heavy (non-hydrogen) atoms. The number of non-ortho nitro benzene ring substituents is 1. The lowest BCUT2D eigenvalue weighted by Crippen LogP contribution is -2.32. The third kappa shape index (κ3) is 3.16. The monoisotopic (exact) mass is 393 g/mol. The average Bonchev–Trinajstić information content (AvgIpc) is 2.81. The highest BCUT2D eigenvalue weighted by molar-refractivity contribution is 7.94. The number of fused-ring (bicyclic) bond motifs is 1. The van der Waals surface area contributed by atoms with Gasteiger partial charge in [0.05, 0.1) is 27.8 Å². The van der Waals surface area contributed by atoms with Crippen LogP contribution < -0.4 is 5.32 Å². The van der Waals surface area contributed by atoms with Crippen LogP contribution >= 0.6 is 0 Å². The molecule has 1 aromatic rings. The molecule has 1 amide bonds. The Kier molecular flexibility index (Phi) is 4.68. The quantitative estimate of drug-likeness (QED) is 0.580. The number of aliphatic hydroxyl groups excluding tert-OH is 1. The van der Waals surface area contributed by atoms with E-state index >= 15 is 0 Å². The molecule has 2 heterocycles. The van der Waals surface area contributed by atoms with Gasteiger partial charge in [-0.3, -0.25) is 14.9 Å². The lowest BCUT2D eigenvalue weighted by Gasteiger charge is -2.20. The van der Waals surface area contributed by atoms with Crippen molar-refractivity contribution in [2.45, 2.75) is 37.1 Å². The van der Waals surface area contributed by atoms with Crippen molar-refractivity contribution in [3.63, 3.8) is 0 Å². The number of benzene rings is 1. The number of nitrogens with one attached hydrogen (secondary N) is 1. The number of hydrogen-bond acceptors (Lipinski definition) is 7. The summed E-state index contributed by atoms with van der Waals surface area (Å²) in [4.78, 5) is 24.0. The van der Waals surface area contributed by atoms with Crippen LogP contribution in [0.5, 0.6) is 0 Å². The SMILES string of the molecule is CCCCC1C(O)=C(C2=CS(=O)(=O)c3cc([N+](=O)[O-])ccc3N2)C(=O)N1C. The molecule has 1 unspecified atom stereocenters. The highest BCUT2D eigenvalue weighted by Gasteiger charge is 2.40. The van der Waals surface area contributed by atoms with Crippen LogP contribution in [0, 0.1) is 10.1 Å². The van der Waals surface area contributed by atoms with E-state index in [1.165, 1.54) is 17.0 Å². The normalized spacial score (nSPS) is 21.0. The van der Waals surface area contributed by atoms with Gasteiger partial charge >= 0.3 is 0 Å². The minimum atomic E-state index is -4.03. The Morgan fingerprint density at radius 1 is 1.37 bits per heavy atom. The van der Waals surface area contributed by atoms with Crippen LogP contribution in [0.1, 0.15) is 26.2 Å². The minimum absolute atomic E-state index is 0.0373. The van der Waals surface area contributed by atoms with E-state index < -0.39 is 26.7 Å². The van der Waals surface area contributed by atoms with E-state index in [1.807, 2.05) is 6.92 Å². The van der Waals surface area contributed by atoms with Gasteiger partial charge in [-0.05, 0) is 12.5 Å². The van der Waals surface area contributed by atoms with E-state index in [0.29, 0.717) is 6.42 Å². The summed E-state index contributed by atoms with van der Waals surface area (Å²) in [5.74, 6) is -0.650. The van der Waals surface area contributed by atoms with Gasteiger partial charge in [-0.15, -0.1) is 0 Å². The number of rotatable bonds is 5. The molecule has 10 heteroatoms. The van der Waals surface area contributed by atoms with Crippen LogP contribution in [-0.4, -0.2) is 42.3 Å². The lowest BCUT2D eigenvalue weighted by atomic mass is 10.1. The molecule has 0 aliphatic carbocycles. The summed E-state index contributed by atoms with van der Waals surface area (Å²) >= 11 is 0. The van der Waals surface area contributed by atoms with Gasteiger partial charge in [-0.1, -0.05) is 19.8 Å². The number of carbonyl (C=O) groups is 1. The Balaban J connectivity index is 2.05. The summed E-state index contributed by atoms with van der Waals surface area (Å²) in [6, 6.07) is 2.90. The van der Waals surface area contributed by atoms with E-state index in [0.717, 1.165) is 24.3 Å². The zero-order valence-corrected chi connectivity index (χ0v) is 15.6. The number of anilines is 1. The van der Waals surface area contributed by atoms with E-state index in [-0.39, 0.29) is 33.3 Å². The van der Waals surface area contributed by atoms with Crippen molar-refractivity contribution in [2.75, 3.05) is 12.4 Å². The summed E-state index contributed by atoms with van der Waals surface area (Å²) < 4.78 is 25.2. The van der Waals surface area contributed by atoms with Gasteiger partial charge in [0.1, 0.15) is 16.2 Å². The number of nitro groups is 1.